The van der Waals surface area contributed by atoms with Crippen LogP contribution in [0.4, 0.5) is 0 Å². The van der Waals surface area contributed by atoms with Crippen LogP contribution in [0.3, 0.4) is 0 Å². The van der Waals surface area contributed by atoms with Gasteiger partial charge >= 0.3 is 0 Å². The fraction of sp³-hybridized carbons (Fsp3) is 0.231. The summed E-state index contributed by atoms with van der Waals surface area (Å²) in [5.74, 6) is 0. The van der Waals surface area contributed by atoms with E-state index in [-0.39, 0.29) is 6.04 Å². The van der Waals surface area contributed by atoms with E-state index in [2.05, 4.69) is 0 Å². The van der Waals surface area contributed by atoms with Crippen LogP contribution in [0.25, 0.3) is 0 Å². The fourth-order valence-electron chi connectivity index (χ4n) is 1.73. The minimum atomic E-state index is -0.160. The molecule has 0 aliphatic rings. The normalized spacial score (nSPS) is 12.7. The lowest BCUT2D eigenvalue weighted by Gasteiger charge is -2.12. The number of hydrogen-bond donors (Lipinski definition) is 1. The first-order chi connectivity index (χ1) is 8.49. The first-order valence-electron chi connectivity index (χ1n) is 5.42. The van der Waals surface area contributed by atoms with Gasteiger partial charge in [0, 0.05) is 21.0 Å². The minimum Gasteiger partial charge on any atom is -0.323 e. The highest BCUT2D eigenvalue weighted by Gasteiger charge is 2.16. The molecule has 0 radical (unpaired) electrons. The predicted molar refractivity (Wildman–Crippen MR) is 81.2 cm³/mol. The van der Waals surface area contributed by atoms with Crippen LogP contribution in [0.5, 0.6) is 0 Å². The molecule has 0 aliphatic heterocycles. The Morgan fingerprint density at radius 2 is 2.00 bits per heavy atom. The molecule has 96 valence electrons. The number of aryl methyl sites for hydroxylation is 1. The van der Waals surface area contributed by atoms with Gasteiger partial charge in [0.1, 0.15) is 0 Å². The summed E-state index contributed by atoms with van der Waals surface area (Å²) in [6, 6.07) is 5.24. The third-order valence-corrected chi connectivity index (χ3v) is 5.16. The van der Waals surface area contributed by atoms with E-state index in [4.69, 9.17) is 40.5 Å². The number of halogens is 3. The largest absolute Gasteiger partial charge is 0.323 e. The van der Waals surface area contributed by atoms with Crippen molar-refractivity contribution in [2.45, 2.75) is 19.4 Å². The van der Waals surface area contributed by atoms with Gasteiger partial charge in [0.15, 0.2) is 0 Å². The van der Waals surface area contributed by atoms with Crippen molar-refractivity contribution >= 4 is 46.1 Å². The average molecular weight is 321 g/mol. The summed E-state index contributed by atoms with van der Waals surface area (Å²) in [6.07, 6.45) is 0.624. The molecule has 18 heavy (non-hydrogen) atoms. The zero-order valence-electron chi connectivity index (χ0n) is 9.71. The summed E-state index contributed by atoms with van der Waals surface area (Å²) in [5, 5.41) is 4.11. The highest BCUT2D eigenvalue weighted by Crippen LogP contribution is 2.34. The Morgan fingerprint density at radius 1 is 1.28 bits per heavy atom. The number of hydrogen-bond acceptors (Lipinski definition) is 2. The maximum Gasteiger partial charge on any atom is 0.0590 e. The van der Waals surface area contributed by atoms with Crippen LogP contribution in [0.15, 0.2) is 23.6 Å². The number of nitrogens with two attached hydrogens (primary N) is 1. The molecule has 2 rings (SSSR count). The van der Waals surface area contributed by atoms with Crippen LogP contribution < -0.4 is 5.73 Å². The molecule has 0 saturated carbocycles. The van der Waals surface area contributed by atoms with Crippen molar-refractivity contribution in [1.29, 1.82) is 0 Å². The molecule has 2 aromatic rings. The Morgan fingerprint density at radius 3 is 2.61 bits per heavy atom. The van der Waals surface area contributed by atoms with Crippen LogP contribution in [0.1, 0.15) is 22.0 Å². The number of thiophene rings is 1. The average Bonchev–Trinajstić information content (AvgIpc) is 2.65. The maximum atomic E-state index is 6.21. The van der Waals surface area contributed by atoms with Gasteiger partial charge in [-0.25, -0.2) is 0 Å². The van der Waals surface area contributed by atoms with E-state index in [0.29, 0.717) is 16.5 Å². The standard InChI is InChI=1S/C13H12Cl3NS/c1-7-6-18-13(12(7)16)11(17)5-8-4-9(14)2-3-10(8)15/h2-4,6,11H,5,17H2,1H3. The van der Waals surface area contributed by atoms with E-state index in [9.17, 15) is 0 Å². The Balaban J connectivity index is 2.23. The Kier molecular flexibility index (Phi) is 4.57. The van der Waals surface area contributed by atoms with Gasteiger partial charge in [0.05, 0.1) is 5.02 Å². The molecule has 5 heteroatoms. The molecule has 1 aromatic heterocycles. The molecule has 1 unspecified atom stereocenters. The number of rotatable bonds is 3. The minimum absolute atomic E-state index is 0.160. The van der Waals surface area contributed by atoms with Gasteiger partial charge in [-0.2, -0.15) is 0 Å². The summed E-state index contributed by atoms with van der Waals surface area (Å²) in [6.45, 7) is 1.97. The van der Waals surface area contributed by atoms with E-state index in [1.165, 1.54) is 0 Å². The third-order valence-electron chi connectivity index (χ3n) is 2.71. The molecule has 0 amide bonds. The topological polar surface area (TPSA) is 26.0 Å². The van der Waals surface area contributed by atoms with Crippen LogP contribution >= 0.6 is 46.1 Å². The van der Waals surface area contributed by atoms with Gasteiger partial charge < -0.3 is 5.73 Å². The molecule has 0 bridgehead atoms. The third kappa shape index (κ3) is 3.01. The summed E-state index contributed by atoms with van der Waals surface area (Å²) >= 11 is 19.9. The van der Waals surface area contributed by atoms with Gasteiger partial charge in [-0.05, 0) is 48.1 Å². The van der Waals surface area contributed by atoms with Gasteiger partial charge in [-0.3, -0.25) is 0 Å². The summed E-state index contributed by atoms with van der Waals surface area (Å²) in [5.41, 5.74) is 8.19. The molecule has 0 saturated heterocycles. The van der Waals surface area contributed by atoms with Gasteiger partial charge in [0.2, 0.25) is 0 Å². The predicted octanol–water partition coefficient (Wildman–Crippen LogP) is 5.26. The summed E-state index contributed by atoms with van der Waals surface area (Å²) < 4.78 is 0. The van der Waals surface area contributed by atoms with Crippen molar-refractivity contribution in [3.05, 3.63) is 54.7 Å². The van der Waals surface area contributed by atoms with Crippen molar-refractivity contribution in [1.82, 2.24) is 0 Å². The van der Waals surface area contributed by atoms with Crippen LogP contribution in [0.2, 0.25) is 15.1 Å². The molecule has 2 N–H and O–H groups in total. The molecule has 1 nitrogen and oxygen atoms in total. The Hall–Kier alpha value is -0.250. The zero-order chi connectivity index (χ0) is 13.3. The molecule has 1 aromatic carbocycles. The molecular weight excluding hydrogens is 309 g/mol. The molecule has 1 heterocycles. The van der Waals surface area contributed by atoms with Crippen molar-refractivity contribution in [3.63, 3.8) is 0 Å². The fourth-order valence-corrected chi connectivity index (χ4v) is 3.46. The molecule has 0 aliphatic carbocycles. The van der Waals surface area contributed by atoms with Crippen molar-refractivity contribution in [3.8, 4) is 0 Å². The highest BCUT2D eigenvalue weighted by molar-refractivity contribution is 7.10. The van der Waals surface area contributed by atoms with E-state index in [1.54, 1.807) is 23.5 Å². The lowest BCUT2D eigenvalue weighted by atomic mass is 10.0. The first kappa shape index (κ1) is 14.2. The van der Waals surface area contributed by atoms with Gasteiger partial charge in [-0.1, -0.05) is 34.8 Å². The first-order valence-corrected chi connectivity index (χ1v) is 7.43. The van der Waals surface area contributed by atoms with Crippen LogP contribution in [-0.4, -0.2) is 0 Å². The quantitative estimate of drug-likeness (QED) is 0.820. The Labute approximate surface area is 125 Å². The van der Waals surface area contributed by atoms with Gasteiger partial charge in [0.25, 0.3) is 0 Å². The van der Waals surface area contributed by atoms with Gasteiger partial charge in [-0.15, -0.1) is 11.3 Å². The van der Waals surface area contributed by atoms with E-state index in [1.807, 2.05) is 18.4 Å². The maximum absolute atomic E-state index is 6.21. The summed E-state index contributed by atoms with van der Waals surface area (Å²) in [7, 11) is 0. The van der Waals surface area contributed by atoms with E-state index in [0.717, 1.165) is 21.0 Å². The van der Waals surface area contributed by atoms with E-state index >= 15 is 0 Å². The Bertz CT molecular complexity index is 565. The van der Waals surface area contributed by atoms with Crippen molar-refractivity contribution in [2.75, 3.05) is 0 Å². The number of benzene rings is 1. The molecule has 1 atom stereocenters. The van der Waals surface area contributed by atoms with Crippen LogP contribution in [0, 0.1) is 6.92 Å². The second-order valence-corrected chi connectivity index (χ2v) is 6.28. The molecule has 0 fully saturated rings. The van der Waals surface area contributed by atoms with Crippen LogP contribution in [-0.2, 0) is 6.42 Å². The van der Waals surface area contributed by atoms with Crippen molar-refractivity contribution < 1.29 is 0 Å². The highest BCUT2D eigenvalue weighted by atomic mass is 35.5. The zero-order valence-corrected chi connectivity index (χ0v) is 12.8. The monoisotopic (exact) mass is 319 g/mol. The molecule has 0 spiro atoms. The summed E-state index contributed by atoms with van der Waals surface area (Å²) in [4.78, 5) is 0.991. The molecular formula is C13H12Cl3NS. The van der Waals surface area contributed by atoms with E-state index < -0.39 is 0 Å². The second kappa shape index (κ2) is 5.81. The second-order valence-electron chi connectivity index (χ2n) is 4.14. The SMILES string of the molecule is Cc1csc(C(N)Cc2cc(Cl)ccc2Cl)c1Cl. The lowest BCUT2D eigenvalue weighted by molar-refractivity contribution is 0.736. The smallest absolute Gasteiger partial charge is 0.0590 e. The lowest BCUT2D eigenvalue weighted by Crippen LogP contribution is -2.12. The van der Waals surface area contributed by atoms with Crippen molar-refractivity contribution in [2.24, 2.45) is 5.73 Å².